The van der Waals surface area contributed by atoms with Gasteiger partial charge in [0.05, 0.1) is 6.10 Å². The van der Waals surface area contributed by atoms with Crippen molar-refractivity contribution < 1.29 is 14.7 Å². The molecule has 0 aromatic heterocycles. The molecule has 1 aromatic rings. The molecule has 2 N–H and O–H groups in total. The van der Waals surface area contributed by atoms with Crippen molar-refractivity contribution in [2.24, 2.45) is 0 Å². The minimum atomic E-state index is -0.287. The Labute approximate surface area is 144 Å². The molecule has 1 aliphatic rings. The highest BCUT2D eigenvalue weighted by atomic mass is 16.3. The molecular formula is C19H28N2O3. The quantitative estimate of drug-likeness (QED) is 0.887. The van der Waals surface area contributed by atoms with E-state index in [9.17, 15) is 14.7 Å². The Bertz CT molecular complexity index is 567. The van der Waals surface area contributed by atoms with Gasteiger partial charge in [-0.05, 0) is 36.0 Å². The normalized spacial score (nSPS) is 16.1. The number of hydrogen-bond donors (Lipinski definition) is 2. The summed E-state index contributed by atoms with van der Waals surface area (Å²) in [6.07, 6.45) is 1.28. The molecular weight excluding hydrogens is 304 g/mol. The van der Waals surface area contributed by atoms with E-state index in [1.54, 1.807) is 4.90 Å². The van der Waals surface area contributed by atoms with Gasteiger partial charge in [0.25, 0.3) is 5.91 Å². The third-order valence-electron chi connectivity index (χ3n) is 4.45. The predicted molar refractivity (Wildman–Crippen MR) is 93.9 cm³/mol. The zero-order chi connectivity index (χ0) is 17.7. The molecule has 1 fully saturated rings. The van der Waals surface area contributed by atoms with Crippen LogP contribution in [0.25, 0.3) is 0 Å². The standard InChI is InChI=1S/C19H28N2O3/c1-19(2,3)15-6-4-14(5-7-15)18(24)20-11-8-17(23)21-12-9-16(22)10-13-21/h4-7,16,22H,8-13H2,1-3H3,(H,20,24). The summed E-state index contributed by atoms with van der Waals surface area (Å²) in [7, 11) is 0. The number of nitrogens with zero attached hydrogens (tertiary/aromatic N) is 1. The minimum Gasteiger partial charge on any atom is -0.393 e. The fourth-order valence-corrected chi connectivity index (χ4v) is 2.78. The van der Waals surface area contributed by atoms with E-state index in [2.05, 4.69) is 26.1 Å². The number of carbonyl (C=O) groups excluding carboxylic acids is 2. The first-order valence-corrected chi connectivity index (χ1v) is 8.62. The average molecular weight is 332 g/mol. The number of aliphatic hydroxyl groups is 1. The van der Waals surface area contributed by atoms with E-state index in [0.29, 0.717) is 44.5 Å². The minimum absolute atomic E-state index is 0.0327. The predicted octanol–water partition coefficient (Wildman–Crippen LogP) is 2.09. The number of benzene rings is 1. The van der Waals surface area contributed by atoms with E-state index in [1.807, 2.05) is 24.3 Å². The fourth-order valence-electron chi connectivity index (χ4n) is 2.78. The number of likely N-dealkylation sites (tertiary alicyclic amines) is 1. The lowest BCUT2D eigenvalue weighted by Crippen LogP contribution is -2.41. The van der Waals surface area contributed by atoms with E-state index in [1.165, 1.54) is 5.56 Å². The molecule has 0 spiro atoms. The number of amides is 2. The second kappa shape index (κ2) is 7.79. The number of aliphatic hydroxyl groups excluding tert-OH is 1. The number of carbonyl (C=O) groups is 2. The topological polar surface area (TPSA) is 69.6 Å². The monoisotopic (exact) mass is 332 g/mol. The highest BCUT2D eigenvalue weighted by molar-refractivity contribution is 5.94. The van der Waals surface area contributed by atoms with E-state index < -0.39 is 0 Å². The van der Waals surface area contributed by atoms with Gasteiger partial charge in [-0.25, -0.2) is 0 Å². The first-order valence-electron chi connectivity index (χ1n) is 8.62. The van der Waals surface area contributed by atoms with Crippen molar-refractivity contribution >= 4 is 11.8 Å². The van der Waals surface area contributed by atoms with Crippen molar-refractivity contribution in [1.29, 1.82) is 0 Å². The third kappa shape index (κ3) is 5.06. The van der Waals surface area contributed by atoms with Crippen LogP contribution < -0.4 is 5.32 Å². The lowest BCUT2D eigenvalue weighted by Gasteiger charge is -2.29. The summed E-state index contributed by atoms with van der Waals surface area (Å²) in [6, 6.07) is 7.59. The van der Waals surface area contributed by atoms with Crippen LogP contribution >= 0.6 is 0 Å². The Balaban J connectivity index is 1.78. The number of hydrogen-bond acceptors (Lipinski definition) is 3. The van der Waals surface area contributed by atoms with Gasteiger partial charge in [-0.3, -0.25) is 9.59 Å². The Morgan fingerprint density at radius 1 is 1.17 bits per heavy atom. The first kappa shape index (κ1) is 18.5. The molecule has 1 aliphatic heterocycles. The fraction of sp³-hybridized carbons (Fsp3) is 0.579. The van der Waals surface area contributed by atoms with E-state index >= 15 is 0 Å². The maximum absolute atomic E-state index is 12.1. The molecule has 0 saturated carbocycles. The molecule has 0 radical (unpaired) electrons. The van der Waals surface area contributed by atoms with Crippen LogP contribution in [0.5, 0.6) is 0 Å². The van der Waals surface area contributed by atoms with Crippen LogP contribution in [0.15, 0.2) is 24.3 Å². The van der Waals surface area contributed by atoms with Crippen LogP contribution in [0.2, 0.25) is 0 Å². The van der Waals surface area contributed by atoms with Gasteiger partial charge in [-0.1, -0.05) is 32.9 Å². The summed E-state index contributed by atoms with van der Waals surface area (Å²) in [6.45, 7) is 7.93. The van der Waals surface area contributed by atoms with E-state index in [-0.39, 0.29) is 23.3 Å². The lowest BCUT2D eigenvalue weighted by atomic mass is 9.87. The van der Waals surface area contributed by atoms with Gasteiger partial charge in [0.15, 0.2) is 0 Å². The highest BCUT2D eigenvalue weighted by Crippen LogP contribution is 2.22. The van der Waals surface area contributed by atoms with Gasteiger partial charge in [0.2, 0.25) is 5.91 Å². The highest BCUT2D eigenvalue weighted by Gasteiger charge is 2.21. The second-order valence-corrected chi connectivity index (χ2v) is 7.45. The SMILES string of the molecule is CC(C)(C)c1ccc(C(=O)NCCC(=O)N2CCC(O)CC2)cc1. The summed E-state index contributed by atoms with van der Waals surface area (Å²) >= 11 is 0. The van der Waals surface area contributed by atoms with Crippen molar-refractivity contribution in [3.8, 4) is 0 Å². The number of piperidine rings is 1. The summed E-state index contributed by atoms with van der Waals surface area (Å²) < 4.78 is 0. The molecule has 5 heteroatoms. The first-order chi connectivity index (χ1) is 11.3. The smallest absolute Gasteiger partial charge is 0.251 e. The van der Waals surface area contributed by atoms with Crippen LogP contribution in [-0.2, 0) is 10.2 Å². The van der Waals surface area contributed by atoms with Crippen LogP contribution in [0, 0.1) is 0 Å². The number of nitrogens with one attached hydrogen (secondary N) is 1. The van der Waals surface area contributed by atoms with Gasteiger partial charge < -0.3 is 15.3 Å². The van der Waals surface area contributed by atoms with Gasteiger partial charge in [0.1, 0.15) is 0 Å². The molecule has 5 nitrogen and oxygen atoms in total. The lowest BCUT2D eigenvalue weighted by molar-refractivity contribution is -0.133. The van der Waals surface area contributed by atoms with Crippen molar-refractivity contribution in [3.05, 3.63) is 35.4 Å². The zero-order valence-electron chi connectivity index (χ0n) is 14.8. The second-order valence-electron chi connectivity index (χ2n) is 7.45. The van der Waals surface area contributed by atoms with E-state index in [4.69, 9.17) is 0 Å². The maximum atomic E-state index is 12.1. The molecule has 2 rings (SSSR count). The molecule has 0 aliphatic carbocycles. The largest absolute Gasteiger partial charge is 0.393 e. The molecule has 1 heterocycles. The van der Waals surface area contributed by atoms with Crippen molar-refractivity contribution in [1.82, 2.24) is 10.2 Å². The third-order valence-corrected chi connectivity index (χ3v) is 4.45. The van der Waals surface area contributed by atoms with Crippen molar-refractivity contribution in [2.75, 3.05) is 19.6 Å². The Morgan fingerprint density at radius 3 is 2.29 bits per heavy atom. The van der Waals surface area contributed by atoms with Gasteiger partial charge in [-0.15, -0.1) is 0 Å². The van der Waals surface area contributed by atoms with Crippen LogP contribution in [0.1, 0.15) is 56.0 Å². The molecule has 24 heavy (non-hydrogen) atoms. The van der Waals surface area contributed by atoms with Gasteiger partial charge >= 0.3 is 0 Å². The Morgan fingerprint density at radius 2 is 1.75 bits per heavy atom. The zero-order valence-corrected chi connectivity index (χ0v) is 14.8. The molecule has 0 atom stereocenters. The maximum Gasteiger partial charge on any atom is 0.251 e. The molecule has 132 valence electrons. The summed E-state index contributed by atoms with van der Waals surface area (Å²) in [5.41, 5.74) is 1.85. The molecule has 0 bridgehead atoms. The van der Waals surface area contributed by atoms with Gasteiger partial charge in [0, 0.05) is 31.6 Å². The molecule has 1 aromatic carbocycles. The Kier molecular flexibility index (Phi) is 5.99. The van der Waals surface area contributed by atoms with Crippen molar-refractivity contribution in [2.45, 2.75) is 51.6 Å². The van der Waals surface area contributed by atoms with Crippen LogP contribution in [0.4, 0.5) is 0 Å². The van der Waals surface area contributed by atoms with Gasteiger partial charge in [-0.2, -0.15) is 0 Å². The van der Waals surface area contributed by atoms with Crippen molar-refractivity contribution in [3.63, 3.8) is 0 Å². The Hall–Kier alpha value is -1.88. The average Bonchev–Trinajstić information content (AvgIpc) is 2.54. The molecule has 1 saturated heterocycles. The summed E-state index contributed by atoms with van der Waals surface area (Å²) in [4.78, 5) is 26.0. The van der Waals surface area contributed by atoms with Crippen LogP contribution in [0.3, 0.4) is 0 Å². The molecule has 2 amide bonds. The summed E-state index contributed by atoms with van der Waals surface area (Å²) in [5, 5.41) is 12.3. The van der Waals surface area contributed by atoms with E-state index in [0.717, 1.165) is 0 Å². The molecule has 0 unspecified atom stereocenters. The number of rotatable bonds is 4. The summed E-state index contributed by atoms with van der Waals surface area (Å²) in [5.74, 6) is -0.123. The van der Waals surface area contributed by atoms with Crippen LogP contribution in [-0.4, -0.2) is 47.6 Å².